The fraction of sp³-hybridized carbons (Fsp3) is 0.176. The van der Waals surface area contributed by atoms with Crippen molar-refractivity contribution in [1.82, 2.24) is 14.8 Å². The van der Waals surface area contributed by atoms with E-state index >= 15 is 0 Å². The average molecular weight is 327 g/mol. The van der Waals surface area contributed by atoms with Gasteiger partial charge in [0.05, 0.1) is 5.52 Å². The minimum atomic E-state index is -1.04. The average Bonchev–Trinajstić information content (AvgIpc) is 2.87. The van der Waals surface area contributed by atoms with Gasteiger partial charge in [-0.2, -0.15) is 5.10 Å². The summed E-state index contributed by atoms with van der Waals surface area (Å²) in [4.78, 5) is 27.1. The van der Waals surface area contributed by atoms with Crippen molar-refractivity contribution in [3.8, 4) is 0 Å². The molecule has 1 N–H and O–H groups in total. The number of hydrogen-bond donors (Lipinski definition) is 1. The van der Waals surface area contributed by atoms with Crippen LogP contribution in [0.5, 0.6) is 0 Å². The Bertz CT molecular complexity index is 949. The van der Waals surface area contributed by atoms with Gasteiger partial charge >= 0.3 is 5.97 Å². The van der Waals surface area contributed by atoms with E-state index in [1.807, 2.05) is 0 Å². The van der Waals surface area contributed by atoms with E-state index in [0.29, 0.717) is 16.6 Å². The highest BCUT2D eigenvalue weighted by atomic mass is 19.1. The van der Waals surface area contributed by atoms with Gasteiger partial charge in [0, 0.05) is 29.8 Å². The maximum atomic E-state index is 14.2. The van der Waals surface area contributed by atoms with Crippen LogP contribution in [-0.4, -0.2) is 31.6 Å². The molecule has 3 aromatic rings. The Morgan fingerprint density at radius 1 is 1.29 bits per heavy atom. The second-order valence-electron chi connectivity index (χ2n) is 5.49. The summed E-state index contributed by atoms with van der Waals surface area (Å²) in [5.74, 6) is -1.87. The molecule has 6 nitrogen and oxygen atoms in total. The second kappa shape index (κ2) is 6.19. The summed E-state index contributed by atoms with van der Waals surface area (Å²) < 4.78 is 15.4. The molecule has 0 saturated heterocycles. The van der Waals surface area contributed by atoms with Crippen LogP contribution in [0, 0.1) is 12.7 Å². The number of nitrogens with zero attached hydrogens (tertiary/aromatic N) is 3. The van der Waals surface area contributed by atoms with Gasteiger partial charge in [-0.1, -0.05) is 6.07 Å². The second-order valence-corrected chi connectivity index (χ2v) is 5.49. The molecule has 3 rings (SSSR count). The summed E-state index contributed by atoms with van der Waals surface area (Å²) in [5.41, 5.74) is 1.58. The summed E-state index contributed by atoms with van der Waals surface area (Å²) in [5, 5.41) is 13.4. The first-order chi connectivity index (χ1) is 11.4. The zero-order valence-electron chi connectivity index (χ0n) is 12.9. The van der Waals surface area contributed by atoms with Gasteiger partial charge in [-0.25, -0.2) is 4.39 Å². The zero-order valence-corrected chi connectivity index (χ0v) is 12.9. The Kier molecular flexibility index (Phi) is 4.07. The number of halogens is 1. The lowest BCUT2D eigenvalue weighted by atomic mass is 10.0. The van der Waals surface area contributed by atoms with Crippen molar-refractivity contribution in [2.75, 3.05) is 0 Å². The lowest BCUT2D eigenvalue weighted by Gasteiger charge is -2.03. The number of carbonyl (C=O) groups is 2. The summed E-state index contributed by atoms with van der Waals surface area (Å²) in [6, 6.07) is 7.83. The quantitative estimate of drug-likeness (QED) is 0.727. The molecule has 0 aliphatic carbocycles. The highest BCUT2D eigenvalue weighted by Gasteiger charge is 2.14. The summed E-state index contributed by atoms with van der Waals surface area (Å²) in [6.45, 7) is 1.47. The van der Waals surface area contributed by atoms with Crippen molar-refractivity contribution in [2.24, 2.45) is 0 Å². The van der Waals surface area contributed by atoms with Crippen LogP contribution in [0.4, 0.5) is 4.39 Å². The molecule has 2 heterocycles. The minimum Gasteiger partial charge on any atom is -0.480 e. The van der Waals surface area contributed by atoms with Crippen molar-refractivity contribution in [3.63, 3.8) is 0 Å². The Hall–Kier alpha value is -3.09. The molecule has 0 fully saturated rings. The number of aromatic nitrogens is 3. The highest BCUT2D eigenvalue weighted by molar-refractivity contribution is 5.96. The van der Waals surface area contributed by atoms with Gasteiger partial charge in [0.25, 0.3) is 0 Å². The lowest BCUT2D eigenvalue weighted by Crippen LogP contribution is -2.08. The van der Waals surface area contributed by atoms with E-state index < -0.39 is 11.8 Å². The minimum absolute atomic E-state index is 0.123. The number of carbonyl (C=O) groups excluding carboxylic acids is 1. The van der Waals surface area contributed by atoms with E-state index in [0.717, 1.165) is 0 Å². The molecule has 0 saturated carbocycles. The number of aliphatic carboxylic acids is 1. The first-order valence-electron chi connectivity index (χ1n) is 7.26. The van der Waals surface area contributed by atoms with Crippen molar-refractivity contribution in [1.29, 1.82) is 0 Å². The van der Waals surface area contributed by atoms with Gasteiger partial charge in [0.15, 0.2) is 5.78 Å². The zero-order chi connectivity index (χ0) is 17.3. The summed E-state index contributed by atoms with van der Waals surface area (Å²) >= 11 is 0. The maximum Gasteiger partial charge on any atom is 0.325 e. The van der Waals surface area contributed by atoms with Gasteiger partial charge in [0.1, 0.15) is 18.1 Å². The molecule has 24 heavy (non-hydrogen) atoms. The first-order valence-corrected chi connectivity index (χ1v) is 7.26. The summed E-state index contributed by atoms with van der Waals surface area (Å²) in [6.07, 6.45) is 1.39. The Morgan fingerprint density at radius 2 is 2.08 bits per heavy atom. The third-order valence-electron chi connectivity index (χ3n) is 3.54. The predicted octanol–water partition coefficient (Wildman–Crippen LogP) is 2.39. The molecule has 0 bridgehead atoms. The molecule has 0 amide bonds. The molecule has 7 heteroatoms. The van der Waals surface area contributed by atoms with E-state index in [9.17, 15) is 14.0 Å². The number of benzene rings is 1. The van der Waals surface area contributed by atoms with Crippen LogP contribution in [0.15, 0.2) is 36.5 Å². The molecular weight excluding hydrogens is 313 g/mol. The van der Waals surface area contributed by atoms with Crippen LogP contribution in [0.1, 0.15) is 21.7 Å². The van der Waals surface area contributed by atoms with Crippen LogP contribution < -0.4 is 0 Å². The van der Waals surface area contributed by atoms with E-state index in [4.69, 9.17) is 5.11 Å². The number of rotatable bonds is 5. The van der Waals surface area contributed by atoms with Crippen LogP contribution >= 0.6 is 0 Å². The van der Waals surface area contributed by atoms with Crippen LogP contribution in [0.25, 0.3) is 10.9 Å². The lowest BCUT2D eigenvalue weighted by molar-refractivity contribution is -0.137. The molecule has 0 radical (unpaired) electrons. The summed E-state index contributed by atoms with van der Waals surface area (Å²) in [7, 11) is 0. The fourth-order valence-corrected chi connectivity index (χ4v) is 2.46. The fourth-order valence-electron chi connectivity index (χ4n) is 2.46. The number of hydrogen-bond acceptors (Lipinski definition) is 4. The van der Waals surface area contributed by atoms with E-state index in [1.54, 1.807) is 25.1 Å². The largest absolute Gasteiger partial charge is 0.480 e. The van der Waals surface area contributed by atoms with Gasteiger partial charge in [-0.05, 0) is 30.7 Å². The normalized spacial score (nSPS) is 10.9. The highest BCUT2D eigenvalue weighted by Crippen LogP contribution is 2.20. The van der Waals surface area contributed by atoms with E-state index in [2.05, 4.69) is 10.1 Å². The van der Waals surface area contributed by atoms with Crippen molar-refractivity contribution in [3.05, 3.63) is 59.3 Å². The number of fused-ring (bicyclic) bond motifs is 1. The molecule has 0 aliphatic heterocycles. The number of carboxylic acid groups (broad SMARTS) is 1. The van der Waals surface area contributed by atoms with Gasteiger partial charge < -0.3 is 5.11 Å². The third-order valence-corrected chi connectivity index (χ3v) is 3.54. The molecule has 0 unspecified atom stereocenters. The SMILES string of the molecule is Cc1cccc(C(=O)Cc2cc3cn(CC(=O)O)nc3cc2F)n1. The van der Waals surface area contributed by atoms with E-state index in [1.165, 1.54) is 23.0 Å². The predicted molar refractivity (Wildman–Crippen MR) is 84.3 cm³/mol. The van der Waals surface area contributed by atoms with Gasteiger partial charge in [-0.3, -0.25) is 19.3 Å². The van der Waals surface area contributed by atoms with E-state index in [-0.39, 0.29) is 30.0 Å². The van der Waals surface area contributed by atoms with Gasteiger partial charge in [0.2, 0.25) is 0 Å². The van der Waals surface area contributed by atoms with Crippen LogP contribution in [0.3, 0.4) is 0 Å². The molecule has 2 aromatic heterocycles. The Balaban J connectivity index is 1.90. The maximum absolute atomic E-state index is 14.2. The molecule has 0 atom stereocenters. The number of aryl methyl sites for hydroxylation is 1. The molecular formula is C17H14FN3O3. The third kappa shape index (κ3) is 3.29. The number of ketones is 1. The standard InChI is InChI=1S/C17H14FN3O3/c1-10-3-2-4-14(19-10)16(22)6-11-5-12-8-21(9-17(23)24)20-15(12)7-13(11)18/h2-5,7-8H,6,9H2,1H3,(H,23,24). The Labute approximate surface area is 136 Å². The molecule has 122 valence electrons. The topological polar surface area (TPSA) is 85.1 Å². The number of pyridine rings is 1. The molecule has 1 aromatic carbocycles. The van der Waals surface area contributed by atoms with Crippen molar-refractivity contribution in [2.45, 2.75) is 19.9 Å². The molecule has 0 aliphatic rings. The first kappa shape index (κ1) is 15.8. The van der Waals surface area contributed by atoms with Crippen molar-refractivity contribution >= 4 is 22.7 Å². The van der Waals surface area contributed by atoms with Crippen LogP contribution in [-0.2, 0) is 17.8 Å². The number of carboxylic acids is 1. The number of Topliss-reactive ketones (excluding diaryl/α,β-unsaturated/α-hetero) is 1. The Morgan fingerprint density at radius 3 is 2.79 bits per heavy atom. The van der Waals surface area contributed by atoms with Gasteiger partial charge in [-0.15, -0.1) is 0 Å². The van der Waals surface area contributed by atoms with Crippen LogP contribution in [0.2, 0.25) is 0 Å². The van der Waals surface area contributed by atoms with Crippen molar-refractivity contribution < 1.29 is 19.1 Å². The molecule has 0 spiro atoms. The smallest absolute Gasteiger partial charge is 0.325 e. The monoisotopic (exact) mass is 327 g/mol.